The second kappa shape index (κ2) is 8.78. The number of nitrogens with zero attached hydrogens (tertiary/aromatic N) is 1. The van der Waals surface area contributed by atoms with Crippen LogP contribution in [0, 0.1) is 0 Å². The molecule has 0 spiro atoms. The summed E-state index contributed by atoms with van der Waals surface area (Å²) in [5, 5.41) is 2.93. The Labute approximate surface area is 136 Å². The maximum atomic E-state index is 12.0. The van der Waals surface area contributed by atoms with E-state index in [0.717, 1.165) is 29.0 Å². The standard InChI is InChI=1S/C18H22N2O3/c1-22-16-6-7-17(23-2)15(12-16)5-8-18(21)20-11-9-14-4-3-10-19-13-14/h3-4,6-7,10,12-13H,5,8-9,11H2,1-2H3,(H,20,21). The first-order chi connectivity index (χ1) is 11.2. The van der Waals surface area contributed by atoms with Crippen LogP contribution in [0.1, 0.15) is 17.5 Å². The third-order valence-corrected chi connectivity index (χ3v) is 3.57. The Hall–Kier alpha value is -2.56. The minimum absolute atomic E-state index is 0.0266. The number of hydrogen-bond acceptors (Lipinski definition) is 4. The highest BCUT2D eigenvalue weighted by molar-refractivity contribution is 5.76. The minimum atomic E-state index is 0.0266. The molecule has 2 rings (SSSR count). The molecule has 0 aliphatic rings. The van der Waals surface area contributed by atoms with Gasteiger partial charge < -0.3 is 14.8 Å². The summed E-state index contributed by atoms with van der Waals surface area (Å²) < 4.78 is 10.5. The van der Waals surface area contributed by atoms with Gasteiger partial charge in [0.05, 0.1) is 14.2 Å². The third kappa shape index (κ3) is 5.29. The largest absolute Gasteiger partial charge is 0.497 e. The van der Waals surface area contributed by atoms with Crippen LogP contribution < -0.4 is 14.8 Å². The van der Waals surface area contributed by atoms with Gasteiger partial charge in [-0.2, -0.15) is 0 Å². The average molecular weight is 314 g/mol. The molecule has 5 nitrogen and oxygen atoms in total. The van der Waals surface area contributed by atoms with Gasteiger partial charge in [0, 0.05) is 25.4 Å². The van der Waals surface area contributed by atoms with Gasteiger partial charge in [-0.25, -0.2) is 0 Å². The molecule has 0 atom stereocenters. The highest BCUT2D eigenvalue weighted by Crippen LogP contribution is 2.24. The van der Waals surface area contributed by atoms with Gasteiger partial charge in [0.15, 0.2) is 0 Å². The van der Waals surface area contributed by atoms with E-state index in [1.165, 1.54) is 0 Å². The van der Waals surface area contributed by atoms with Crippen LogP contribution in [-0.2, 0) is 17.6 Å². The maximum Gasteiger partial charge on any atom is 0.220 e. The molecule has 2 aromatic rings. The molecule has 0 unspecified atom stereocenters. The summed E-state index contributed by atoms with van der Waals surface area (Å²) in [4.78, 5) is 16.0. The molecule has 0 aliphatic carbocycles. The first kappa shape index (κ1) is 16.8. The first-order valence-corrected chi connectivity index (χ1v) is 7.59. The topological polar surface area (TPSA) is 60.5 Å². The summed E-state index contributed by atoms with van der Waals surface area (Å²) >= 11 is 0. The molecular weight excluding hydrogens is 292 g/mol. The van der Waals surface area contributed by atoms with Crippen molar-refractivity contribution in [3.05, 3.63) is 53.9 Å². The maximum absolute atomic E-state index is 12.0. The molecule has 1 amide bonds. The van der Waals surface area contributed by atoms with Crippen molar-refractivity contribution < 1.29 is 14.3 Å². The van der Waals surface area contributed by atoms with E-state index in [-0.39, 0.29) is 5.91 Å². The SMILES string of the molecule is COc1ccc(OC)c(CCC(=O)NCCc2cccnc2)c1. The fourth-order valence-corrected chi connectivity index (χ4v) is 2.31. The summed E-state index contributed by atoms with van der Waals surface area (Å²) in [6.07, 6.45) is 5.36. The van der Waals surface area contributed by atoms with E-state index in [2.05, 4.69) is 10.3 Å². The monoisotopic (exact) mass is 314 g/mol. The normalized spacial score (nSPS) is 10.2. The fraction of sp³-hybridized carbons (Fsp3) is 0.333. The number of amides is 1. The van der Waals surface area contributed by atoms with Gasteiger partial charge in [-0.1, -0.05) is 6.07 Å². The molecule has 1 aromatic heterocycles. The van der Waals surface area contributed by atoms with E-state index in [9.17, 15) is 4.79 Å². The van der Waals surface area contributed by atoms with Gasteiger partial charge in [0.25, 0.3) is 0 Å². The number of aryl methyl sites for hydroxylation is 1. The summed E-state index contributed by atoms with van der Waals surface area (Å²) in [7, 11) is 3.25. The molecule has 0 aliphatic heterocycles. The van der Waals surface area contributed by atoms with Crippen LogP contribution in [0.2, 0.25) is 0 Å². The highest BCUT2D eigenvalue weighted by atomic mass is 16.5. The van der Waals surface area contributed by atoms with Crippen LogP contribution in [0.25, 0.3) is 0 Å². The highest BCUT2D eigenvalue weighted by Gasteiger charge is 2.08. The number of carbonyl (C=O) groups is 1. The number of carbonyl (C=O) groups excluding carboxylic acids is 1. The van der Waals surface area contributed by atoms with Gasteiger partial charge in [0.1, 0.15) is 11.5 Å². The molecule has 1 heterocycles. The van der Waals surface area contributed by atoms with Crippen LogP contribution in [0.15, 0.2) is 42.7 Å². The molecule has 23 heavy (non-hydrogen) atoms. The lowest BCUT2D eigenvalue weighted by atomic mass is 10.1. The number of ether oxygens (including phenoxy) is 2. The van der Waals surface area contributed by atoms with Crippen molar-refractivity contribution in [1.82, 2.24) is 10.3 Å². The van der Waals surface area contributed by atoms with Crippen molar-refractivity contribution in [3.8, 4) is 11.5 Å². The van der Waals surface area contributed by atoms with Gasteiger partial charge in [-0.3, -0.25) is 9.78 Å². The van der Waals surface area contributed by atoms with E-state index in [4.69, 9.17) is 9.47 Å². The zero-order valence-corrected chi connectivity index (χ0v) is 13.5. The quantitative estimate of drug-likeness (QED) is 0.813. The van der Waals surface area contributed by atoms with Crippen molar-refractivity contribution in [1.29, 1.82) is 0 Å². The Morgan fingerprint density at radius 1 is 1.17 bits per heavy atom. The molecule has 0 fully saturated rings. The van der Waals surface area contributed by atoms with Crippen molar-refractivity contribution in [3.63, 3.8) is 0 Å². The number of nitrogens with one attached hydrogen (secondary N) is 1. The lowest BCUT2D eigenvalue weighted by Crippen LogP contribution is -2.25. The second-order valence-electron chi connectivity index (χ2n) is 5.14. The second-order valence-corrected chi connectivity index (χ2v) is 5.14. The summed E-state index contributed by atoms with van der Waals surface area (Å²) in [6.45, 7) is 0.611. The molecule has 0 radical (unpaired) electrons. The molecule has 0 saturated carbocycles. The number of methoxy groups -OCH3 is 2. The lowest BCUT2D eigenvalue weighted by Gasteiger charge is -2.10. The number of pyridine rings is 1. The number of benzene rings is 1. The van der Waals surface area contributed by atoms with Crippen LogP contribution in [-0.4, -0.2) is 31.7 Å². The van der Waals surface area contributed by atoms with E-state index < -0.39 is 0 Å². The van der Waals surface area contributed by atoms with E-state index in [1.54, 1.807) is 20.4 Å². The molecular formula is C18H22N2O3. The Morgan fingerprint density at radius 3 is 2.74 bits per heavy atom. The van der Waals surface area contributed by atoms with Crippen molar-refractivity contribution in [2.24, 2.45) is 0 Å². The van der Waals surface area contributed by atoms with Crippen LogP contribution >= 0.6 is 0 Å². The predicted molar refractivity (Wildman–Crippen MR) is 88.8 cm³/mol. The molecule has 1 aromatic carbocycles. The van der Waals surface area contributed by atoms with Gasteiger partial charge in [-0.15, -0.1) is 0 Å². The average Bonchev–Trinajstić information content (AvgIpc) is 2.60. The zero-order valence-electron chi connectivity index (χ0n) is 13.5. The number of aromatic nitrogens is 1. The Bertz CT molecular complexity index is 629. The Balaban J connectivity index is 1.80. The third-order valence-electron chi connectivity index (χ3n) is 3.57. The van der Waals surface area contributed by atoms with Gasteiger partial charge in [-0.05, 0) is 48.2 Å². The summed E-state index contributed by atoms with van der Waals surface area (Å²) in [6, 6.07) is 9.50. The smallest absolute Gasteiger partial charge is 0.220 e. The molecule has 5 heteroatoms. The van der Waals surface area contributed by atoms with E-state index in [0.29, 0.717) is 19.4 Å². The molecule has 1 N–H and O–H groups in total. The van der Waals surface area contributed by atoms with Crippen LogP contribution in [0.5, 0.6) is 11.5 Å². The molecule has 122 valence electrons. The van der Waals surface area contributed by atoms with Crippen molar-refractivity contribution >= 4 is 5.91 Å². The Kier molecular flexibility index (Phi) is 6.41. The van der Waals surface area contributed by atoms with E-state index >= 15 is 0 Å². The van der Waals surface area contributed by atoms with Gasteiger partial charge in [0.2, 0.25) is 5.91 Å². The van der Waals surface area contributed by atoms with Crippen LogP contribution in [0.4, 0.5) is 0 Å². The van der Waals surface area contributed by atoms with Crippen molar-refractivity contribution in [2.45, 2.75) is 19.3 Å². The molecule has 0 bridgehead atoms. The zero-order chi connectivity index (χ0) is 16.5. The minimum Gasteiger partial charge on any atom is -0.497 e. The van der Waals surface area contributed by atoms with Crippen molar-refractivity contribution in [2.75, 3.05) is 20.8 Å². The lowest BCUT2D eigenvalue weighted by molar-refractivity contribution is -0.121. The summed E-state index contributed by atoms with van der Waals surface area (Å²) in [5.41, 5.74) is 2.08. The first-order valence-electron chi connectivity index (χ1n) is 7.59. The van der Waals surface area contributed by atoms with Crippen LogP contribution in [0.3, 0.4) is 0 Å². The van der Waals surface area contributed by atoms with Gasteiger partial charge >= 0.3 is 0 Å². The summed E-state index contributed by atoms with van der Waals surface area (Å²) in [5.74, 6) is 1.56. The number of hydrogen-bond donors (Lipinski definition) is 1. The Morgan fingerprint density at radius 2 is 2.04 bits per heavy atom. The number of rotatable bonds is 8. The van der Waals surface area contributed by atoms with E-state index in [1.807, 2.05) is 36.5 Å². The molecule has 0 saturated heterocycles. The fourth-order valence-electron chi connectivity index (χ4n) is 2.31. The predicted octanol–water partition coefficient (Wildman–Crippen LogP) is 2.39.